The first-order chi connectivity index (χ1) is 23.5. The number of halogens is 3. The van der Waals surface area contributed by atoms with Crippen LogP contribution in [-0.4, -0.2) is 100 Å². The van der Waals surface area contributed by atoms with Crippen LogP contribution in [0.25, 0.3) is 22.0 Å². The molecule has 1 aromatic heterocycles. The van der Waals surface area contributed by atoms with Crippen molar-refractivity contribution in [1.29, 1.82) is 0 Å². The van der Waals surface area contributed by atoms with Crippen molar-refractivity contribution in [2.45, 2.75) is 76.2 Å². The maximum absolute atomic E-state index is 15.3. The van der Waals surface area contributed by atoms with Gasteiger partial charge < -0.3 is 24.3 Å². The first-order valence-electron chi connectivity index (χ1n) is 17.0. The lowest BCUT2D eigenvalue weighted by Crippen LogP contribution is -2.58. The van der Waals surface area contributed by atoms with Crippen LogP contribution >= 0.6 is 11.6 Å². The number of ether oxygens (including phenoxy) is 1. The predicted molar refractivity (Wildman–Crippen MR) is 184 cm³/mol. The van der Waals surface area contributed by atoms with Crippen LogP contribution in [0.15, 0.2) is 41.7 Å². The lowest BCUT2D eigenvalue weighted by atomic mass is 9.99. The van der Waals surface area contributed by atoms with Crippen molar-refractivity contribution in [3.8, 4) is 16.9 Å². The number of hydrogen-bond donors (Lipinski definition) is 0. The van der Waals surface area contributed by atoms with Gasteiger partial charge in [0.2, 0.25) is 11.8 Å². The Morgan fingerprint density at radius 1 is 1.12 bits per heavy atom. The van der Waals surface area contributed by atoms with E-state index in [0.29, 0.717) is 36.2 Å². The van der Waals surface area contributed by atoms with Crippen molar-refractivity contribution in [1.82, 2.24) is 24.3 Å². The van der Waals surface area contributed by atoms with Crippen LogP contribution in [0, 0.1) is 11.6 Å². The van der Waals surface area contributed by atoms with Gasteiger partial charge in [-0.05, 0) is 77.4 Å². The molecule has 2 aromatic carbocycles. The Hall–Kier alpha value is -4.03. The molecule has 2 amide bonds. The largest absolute Gasteiger partial charge is 0.488 e. The third-order valence-electron chi connectivity index (χ3n) is 10.6. The first-order valence-corrected chi connectivity index (χ1v) is 17.4. The van der Waals surface area contributed by atoms with Gasteiger partial charge in [0, 0.05) is 72.8 Å². The highest BCUT2D eigenvalue weighted by atomic mass is 35.5. The smallest absolute Gasteiger partial charge is 0.350 e. The molecule has 7 rings (SSSR count). The summed E-state index contributed by atoms with van der Waals surface area (Å²) in [5.41, 5.74) is 0.0939. The molecule has 13 heteroatoms. The van der Waals surface area contributed by atoms with Gasteiger partial charge in [-0.15, -0.1) is 0 Å². The summed E-state index contributed by atoms with van der Waals surface area (Å²) < 4.78 is 37.3. The van der Waals surface area contributed by atoms with E-state index in [1.165, 1.54) is 12.1 Å². The van der Waals surface area contributed by atoms with E-state index < -0.39 is 23.4 Å². The number of carbonyl (C=O) groups is 2. The summed E-state index contributed by atoms with van der Waals surface area (Å²) >= 11 is 6.92. The Kier molecular flexibility index (Phi) is 8.89. The molecule has 4 aliphatic rings. The number of likely N-dealkylation sites (tertiary alicyclic amines) is 1. The summed E-state index contributed by atoms with van der Waals surface area (Å²) in [6.07, 6.45) is 5.55. The standard InChI is InChI=1S/C36H41ClF2N6O4/c1-5-30(46)42-16-21(3)43(17-20(42)2)35-27-15-28(37)32(26-11-8-22(38)13-29(26)39)34-33(27)45(36(48)40-35)25(19-49-34)18-44(23-9-10-23)31(47)14-24-7-6-12-41(24)4/h5,8,11,13,15,20-21,23-25H,1,6-7,9-10,12,14,16-19H2,2-4H3/t20-,21+,24+,25+/m1/s1. The topological polar surface area (TPSA) is 91.2 Å². The summed E-state index contributed by atoms with van der Waals surface area (Å²) in [5, 5.41) is 0.673. The second-order valence-corrected chi connectivity index (χ2v) is 14.3. The highest BCUT2D eigenvalue weighted by molar-refractivity contribution is 6.35. The molecule has 0 radical (unpaired) electrons. The molecule has 3 fully saturated rings. The van der Waals surface area contributed by atoms with Crippen molar-refractivity contribution in [3.05, 3.63) is 64.1 Å². The minimum absolute atomic E-state index is 0.0226. The Morgan fingerprint density at radius 2 is 1.90 bits per heavy atom. The molecule has 3 aromatic rings. The molecular weight excluding hydrogens is 654 g/mol. The van der Waals surface area contributed by atoms with Crippen molar-refractivity contribution < 1.29 is 23.1 Å². The molecule has 1 aliphatic carbocycles. The quantitative estimate of drug-likeness (QED) is 0.306. The minimum Gasteiger partial charge on any atom is -0.488 e. The van der Waals surface area contributed by atoms with Crippen LogP contribution in [0.3, 0.4) is 0 Å². The van der Waals surface area contributed by atoms with Crippen LogP contribution in [0.5, 0.6) is 5.75 Å². The van der Waals surface area contributed by atoms with Gasteiger partial charge in [-0.2, -0.15) is 4.98 Å². The molecule has 0 spiro atoms. The molecule has 0 bridgehead atoms. The predicted octanol–water partition coefficient (Wildman–Crippen LogP) is 5.02. The van der Waals surface area contributed by atoms with Gasteiger partial charge in [0.05, 0.1) is 16.6 Å². The zero-order valence-corrected chi connectivity index (χ0v) is 28.8. The Labute approximate surface area is 288 Å². The van der Waals surface area contributed by atoms with E-state index in [1.807, 2.05) is 30.7 Å². The molecule has 0 N–H and O–H groups in total. The van der Waals surface area contributed by atoms with Gasteiger partial charge in [0.15, 0.2) is 5.75 Å². The maximum Gasteiger partial charge on any atom is 0.350 e. The summed E-state index contributed by atoms with van der Waals surface area (Å²) in [7, 11) is 2.05. The fourth-order valence-corrected chi connectivity index (χ4v) is 8.12. The number of carbonyl (C=O) groups excluding carboxylic acids is 2. The third-order valence-corrected chi connectivity index (χ3v) is 10.9. The average Bonchev–Trinajstić information content (AvgIpc) is 3.83. The first kappa shape index (κ1) is 33.5. The molecule has 3 aliphatic heterocycles. The number of hydrogen-bond acceptors (Lipinski definition) is 7. The number of benzene rings is 2. The second-order valence-electron chi connectivity index (χ2n) is 13.9. The SMILES string of the molecule is C=CC(=O)N1C[C@H](C)N(c2nc(=O)n3c4c(c(-c5ccc(F)cc5F)c(Cl)cc24)OC[C@@H]3CN(C(=O)C[C@@H]2CCCN2C)C2CC2)C[C@H]1C. The van der Waals surface area contributed by atoms with E-state index in [1.54, 1.807) is 15.5 Å². The molecule has 1 saturated carbocycles. The highest BCUT2D eigenvalue weighted by Crippen LogP contribution is 2.47. The average molecular weight is 695 g/mol. The zero-order valence-electron chi connectivity index (χ0n) is 28.0. The van der Waals surface area contributed by atoms with Crippen LogP contribution in [-0.2, 0) is 9.59 Å². The molecule has 49 heavy (non-hydrogen) atoms. The number of anilines is 1. The Balaban J connectivity index is 1.35. The van der Waals surface area contributed by atoms with E-state index in [-0.39, 0.29) is 71.0 Å². The number of aromatic nitrogens is 2. The lowest BCUT2D eigenvalue weighted by molar-refractivity contribution is -0.133. The summed E-state index contributed by atoms with van der Waals surface area (Å²) in [4.78, 5) is 53.1. The molecule has 4 heterocycles. The van der Waals surface area contributed by atoms with Gasteiger partial charge in [0.25, 0.3) is 0 Å². The monoisotopic (exact) mass is 694 g/mol. The zero-order chi connectivity index (χ0) is 34.7. The van der Waals surface area contributed by atoms with E-state index in [2.05, 4.69) is 16.5 Å². The van der Waals surface area contributed by atoms with Crippen molar-refractivity contribution in [2.24, 2.45) is 0 Å². The van der Waals surface area contributed by atoms with E-state index in [9.17, 15) is 18.8 Å². The number of nitrogens with zero attached hydrogens (tertiary/aromatic N) is 6. The van der Waals surface area contributed by atoms with Crippen molar-refractivity contribution >= 4 is 40.1 Å². The number of rotatable bonds is 8. The maximum atomic E-state index is 15.3. The van der Waals surface area contributed by atoms with Gasteiger partial charge in [-0.3, -0.25) is 14.2 Å². The summed E-state index contributed by atoms with van der Waals surface area (Å²) in [6, 6.07) is 4.18. The molecular formula is C36H41ClF2N6O4. The number of amides is 2. The third kappa shape index (κ3) is 6.07. The fourth-order valence-electron chi connectivity index (χ4n) is 7.83. The minimum atomic E-state index is -0.820. The van der Waals surface area contributed by atoms with Gasteiger partial charge >= 0.3 is 5.69 Å². The van der Waals surface area contributed by atoms with Crippen LogP contribution < -0.4 is 15.3 Å². The van der Waals surface area contributed by atoms with Crippen LogP contribution in [0.1, 0.15) is 52.0 Å². The number of piperazine rings is 1. The molecule has 260 valence electrons. The van der Waals surface area contributed by atoms with E-state index >= 15 is 4.39 Å². The molecule has 0 unspecified atom stereocenters. The van der Waals surface area contributed by atoms with Gasteiger partial charge in [0.1, 0.15) is 24.1 Å². The van der Waals surface area contributed by atoms with Crippen molar-refractivity contribution in [2.75, 3.05) is 44.7 Å². The van der Waals surface area contributed by atoms with E-state index in [4.69, 9.17) is 16.3 Å². The fraction of sp³-hybridized carbons (Fsp3) is 0.500. The molecule has 10 nitrogen and oxygen atoms in total. The molecule has 2 saturated heterocycles. The van der Waals surface area contributed by atoms with Crippen molar-refractivity contribution in [3.63, 3.8) is 0 Å². The Morgan fingerprint density at radius 3 is 2.57 bits per heavy atom. The van der Waals surface area contributed by atoms with Crippen LogP contribution in [0.2, 0.25) is 5.02 Å². The Bertz CT molecular complexity index is 1900. The van der Waals surface area contributed by atoms with Gasteiger partial charge in [-0.25, -0.2) is 13.6 Å². The normalized spacial score (nSPS) is 23.9. The van der Waals surface area contributed by atoms with Gasteiger partial charge in [-0.1, -0.05) is 18.2 Å². The summed E-state index contributed by atoms with van der Waals surface area (Å²) in [6.45, 7) is 9.52. The molecule has 4 atom stereocenters. The van der Waals surface area contributed by atoms with Crippen LogP contribution in [0.4, 0.5) is 14.6 Å². The second kappa shape index (κ2) is 13.0. The highest BCUT2D eigenvalue weighted by Gasteiger charge is 2.40. The summed E-state index contributed by atoms with van der Waals surface area (Å²) in [5.74, 6) is -1.10. The van der Waals surface area contributed by atoms with E-state index in [0.717, 1.165) is 44.4 Å². The lowest BCUT2D eigenvalue weighted by Gasteiger charge is -2.45.